The largest absolute Gasteiger partial charge is 0.424 e. The Morgan fingerprint density at radius 3 is 2.50 bits per heavy atom. The van der Waals surface area contributed by atoms with E-state index in [1.807, 2.05) is 6.92 Å². The van der Waals surface area contributed by atoms with Crippen LogP contribution >= 0.6 is 0 Å². The molecule has 3 rings (SSSR count). The molecule has 0 spiro atoms. The van der Waals surface area contributed by atoms with Gasteiger partial charge in [-0.2, -0.15) is 0 Å². The Hall–Kier alpha value is -2.22. The van der Waals surface area contributed by atoms with Gasteiger partial charge in [0.2, 0.25) is 17.5 Å². The van der Waals surface area contributed by atoms with Crippen molar-refractivity contribution in [2.45, 2.75) is 26.8 Å². The highest BCUT2D eigenvalue weighted by atomic mass is 16.5. The van der Waals surface area contributed by atoms with Gasteiger partial charge in [0, 0.05) is 39.2 Å². The lowest BCUT2D eigenvalue weighted by Crippen LogP contribution is -2.49. The van der Waals surface area contributed by atoms with Gasteiger partial charge in [-0.25, -0.2) is 0 Å². The van der Waals surface area contributed by atoms with E-state index in [1.165, 1.54) is 0 Å². The molecule has 0 aromatic carbocycles. The second-order valence-electron chi connectivity index (χ2n) is 5.50. The number of carbonyl (C=O) groups excluding carboxylic acids is 1. The van der Waals surface area contributed by atoms with Gasteiger partial charge in [0.15, 0.2) is 0 Å². The number of rotatable bonds is 3. The minimum Gasteiger partial charge on any atom is -0.424 e. The van der Waals surface area contributed by atoms with Gasteiger partial charge in [-0.05, 0) is 13.8 Å². The first-order valence-electron chi connectivity index (χ1n) is 7.31. The molecule has 1 aliphatic heterocycles. The molecule has 1 saturated heterocycles. The number of amides is 1. The zero-order valence-corrected chi connectivity index (χ0v) is 12.9. The van der Waals surface area contributed by atoms with Crippen molar-refractivity contribution in [1.82, 2.24) is 25.2 Å². The Kier molecular flexibility index (Phi) is 3.93. The van der Waals surface area contributed by atoms with Crippen molar-refractivity contribution in [3.05, 3.63) is 29.3 Å². The van der Waals surface area contributed by atoms with Crippen LogP contribution in [0.25, 0.3) is 0 Å². The van der Waals surface area contributed by atoms with E-state index in [0.29, 0.717) is 36.3 Å². The van der Waals surface area contributed by atoms with Crippen molar-refractivity contribution in [3.8, 4) is 0 Å². The van der Waals surface area contributed by atoms with Crippen LogP contribution in [0.15, 0.2) is 15.0 Å². The van der Waals surface area contributed by atoms with E-state index in [9.17, 15) is 4.79 Å². The van der Waals surface area contributed by atoms with Crippen molar-refractivity contribution in [2.75, 3.05) is 26.2 Å². The van der Waals surface area contributed by atoms with Gasteiger partial charge < -0.3 is 13.8 Å². The molecular weight excluding hydrogens is 286 g/mol. The van der Waals surface area contributed by atoms with Crippen LogP contribution in [-0.4, -0.2) is 57.2 Å². The molecule has 8 heteroatoms. The van der Waals surface area contributed by atoms with Crippen molar-refractivity contribution in [3.63, 3.8) is 0 Å². The molecule has 0 radical (unpaired) electrons. The summed E-state index contributed by atoms with van der Waals surface area (Å²) in [5.74, 6) is 1.37. The fourth-order valence-electron chi connectivity index (χ4n) is 2.57. The molecule has 1 atom stereocenters. The van der Waals surface area contributed by atoms with Crippen molar-refractivity contribution < 1.29 is 13.7 Å². The molecule has 3 heterocycles. The fourth-order valence-corrected chi connectivity index (χ4v) is 2.57. The lowest BCUT2D eigenvalue weighted by Gasteiger charge is -2.36. The summed E-state index contributed by atoms with van der Waals surface area (Å²) in [7, 11) is 0. The lowest BCUT2D eigenvalue weighted by atomic mass is 10.2. The Morgan fingerprint density at radius 2 is 1.95 bits per heavy atom. The average molecular weight is 305 g/mol. The maximum atomic E-state index is 12.3. The molecule has 22 heavy (non-hydrogen) atoms. The van der Waals surface area contributed by atoms with E-state index in [0.717, 1.165) is 13.1 Å². The molecular formula is C14H19N5O3. The topological polar surface area (TPSA) is 88.5 Å². The highest BCUT2D eigenvalue weighted by Gasteiger charge is 2.28. The van der Waals surface area contributed by atoms with E-state index in [1.54, 1.807) is 24.8 Å². The molecule has 1 fully saturated rings. The van der Waals surface area contributed by atoms with Crippen LogP contribution in [-0.2, 0) is 0 Å². The number of hydrogen-bond donors (Lipinski definition) is 0. The van der Waals surface area contributed by atoms with Gasteiger partial charge in [0.05, 0.1) is 11.7 Å². The summed E-state index contributed by atoms with van der Waals surface area (Å²) >= 11 is 0. The van der Waals surface area contributed by atoms with Gasteiger partial charge in [-0.1, -0.05) is 5.16 Å². The zero-order valence-electron chi connectivity index (χ0n) is 12.9. The Bertz CT molecular complexity index is 657. The van der Waals surface area contributed by atoms with Crippen LogP contribution in [0.1, 0.15) is 41.0 Å². The number of piperazine rings is 1. The van der Waals surface area contributed by atoms with Gasteiger partial charge in [-0.3, -0.25) is 9.69 Å². The first-order chi connectivity index (χ1) is 10.5. The molecule has 0 saturated carbocycles. The third kappa shape index (κ3) is 2.87. The zero-order chi connectivity index (χ0) is 15.7. The molecule has 2 aromatic heterocycles. The summed E-state index contributed by atoms with van der Waals surface area (Å²) in [5, 5.41) is 11.7. The number of aromatic nitrogens is 3. The Balaban J connectivity index is 1.59. The third-order valence-corrected chi connectivity index (χ3v) is 3.89. The smallest absolute Gasteiger partial charge is 0.292 e. The molecule has 1 aliphatic rings. The molecule has 2 aromatic rings. The van der Waals surface area contributed by atoms with E-state index in [4.69, 9.17) is 8.94 Å². The minimum atomic E-state index is -0.110. The molecule has 0 aliphatic carbocycles. The van der Waals surface area contributed by atoms with Crippen LogP contribution in [0, 0.1) is 13.8 Å². The predicted octanol–water partition coefficient (Wildman–Crippen LogP) is 1.19. The molecule has 118 valence electrons. The van der Waals surface area contributed by atoms with Gasteiger partial charge >= 0.3 is 0 Å². The Morgan fingerprint density at radius 1 is 1.23 bits per heavy atom. The van der Waals surface area contributed by atoms with E-state index in [-0.39, 0.29) is 11.9 Å². The predicted molar refractivity (Wildman–Crippen MR) is 76.2 cm³/mol. The molecule has 0 N–H and O–H groups in total. The van der Waals surface area contributed by atoms with Crippen LogP contribution in [0.3, 0.4) is 0 Å². The average Bonchev–Trinajstić information content (AvgIpc) is 3.14. The van der Waals surface area contributed by atoms with Gasteiger partial charge in [-0.15, -0.1) is 10.2 Å². The molecule has 1 amide bonds. The van der Waals surface area contributed by atoms with Crippen LogP contribution in [0.5, 0.6) is 0 Å². The second kappa shape index (κ2) is 5.88. The van der Waals surface area contributed by atoms with E-state index < -0.39 is 0 Å². The van der Waals surface area contributed by atoms with E-state index in [2.05, 4.69) is 20.3 Å². The first kappa shape index (κ1) is 14.7. The summed E-state index contributed by atoms with van der Waals surface area (Å²) in [6, 6.07) is 1.71. The Labute approximate surface area is 128 Å². The summed E-state index contributed by atoms with van der Waals surface area (Å²) in [5.41, 5.74) is 0.711. The standard InChI is InChI=1S/C14H19N5O3/c1-9-8-12(22-17-9)14(20)19-6-4-18(5-7-19)10(2)13-16-15-11(3)21-13/h8,10H,4-7H2,1-3H3/t10-/m1/s1. The van der Waals surface area contributed by atoms with Crippen molar-refractivity contribution >= 4 is 5.91 Å². The van der Waals surface area contributed by atoms with Crippen LogP contribution in [0.2, 0.25) is 0 Å². The summed E-state index contributed by atoms with van der Waals surface area (Å²) in [6.07, 6.45) is 0. The van der Waals surface area contributed by atoms with E-state index >= 15 is 0 Å². The fraction of sp³-hybridized carbons (Fsp3) is 0.571. The highest BCUT2D eigenvalue weighted by Crippen LogP contribution is 2.21. The summed E-state index contributed by atoms with van der Waals surface area (Å²) in [4.78, 5) is 16.3. The monoisotopic (exact) mass is 305 g/mol. The number of nitrogens with zero attached hydrogens (tertiary/aromatic N) is 5. The number of aryl methyl sites for hydroxylation is 2. The highest BCUT2D eigenvalue weighted by molar-refractivity contribution is 5.91. The SMILES string of the molecule is Cc1cc(C(=O)N2CCN([C@H](C)c3nnc(C)o3)CC2)on1. The van der Waals surface area contributed by atoms with Crippen LogP contribution < -0.4 is 0 Å². The van der Waals surface area contributed by atoms with Crippen molar-refractivity contribution in [2.24, 2.45) is 0 Å². The normalized spacial score (nSPS) is 17.7. The van der Waals surface area contributed by atoms with Gasteiger partial charge in [0.25, 0.3) is 5.91 Å². The quantitative estimate of drug-likeness (QED) is 0.841. The number of hydrogen-bond acceptors (Lipinski definition) is 7. The first-order valence-corrected chi connectivity index (χ1v) is 7.31. The minimum absolute atomic E-state index is 0.0472. The maximum Gasteiger partial charge on any atom is 0.292 e. The maximum absolute atomic E-state index is 12.3. The van der Waals surface area contributed by atoms with Gasteiger partial charge in [0.1, 0.15) is 0 Å². The molecule has 0 bridgehead atoms. The second-order valence-corrected chi connectivity index (χ2v) is 5.50. The number of carbonyl (C=O) groups is 1. The van der Waals surface area contributed by atoms with Crippen molar-refractivity contribution in [1.29, 1.82) is 0 Å². The summed E-state index contributed by atoms with van der Waals surface area (Å²) < 4.78 is 10.5. The third-order valence-electron chi connectivity index (χ3n) is 3.89. The summed E-state index contributed by atoms with van der Waals surface area (Å²) in [6.45, 7) is 8.38. The molecule has 8 nitrogen and oxygen atoms in total. The van der Waals surface area contributed by atoms with Crippen LogP contribution in [0.4, 0.5) is 0 Å². The molecule has 0 unspecified atom stereocenters. The lowest BCUT2D eigenvalue weighted by molar-refractivity contribution is 0.0521.